The quantitative estimate of drug-likeness (QED) is 0.742. The molecule has 1 aliphatic heterocycles. The zero-order valence-corrected chi connectivity index (χ0v) is 13.2. The van der Waals surface area contributed by atoms with Crippen LogP contribution in [0.15, 0.2) is 48.9 Å². The fourth-order valence-corrected chi connectivity index (χ4v) is 3.29. The summed E-state index contributed by atoms with van der Waals surface area (Å²) in [6, 6.07) is 10.5. The third kappa shape index (κ3) is 2.90. The molecule has 1 saturated heterocycles. The number of aromatic nitrogens is 5. The van der Waals surface area contributed by atoms with Crippen molar-refractivity contribution in [2.45, 2.75) is 25.4 Å². The Labute approximate surface area is 135 Å². The van der Waals surface area contributed by atoms with Crippen LogP contribution in [-0.2, 0) is 13.6 Å². The third-order valence-corrected chi connectivity index (χ3v) is 4.40. The fraction of sp³-hybridized carbons (Fsp3) is 0.353. The Bertz CT molecular complexity index is 775. The van der Waals surface area contributed by atoms with E-state index in [1.165, 1.54) is 18.4 Å². The highest BCUT2D eigenvalue weighted by molar-refractivity contribution is 5.30. The maximum absolute atomic E-state index is 4.34. The van der Waals surface area contributed by atoms with Crippen LogP contribution in [0.2, 0.25) is 0 Å². The number of para-hydroxylation sites is 1. The van der Waals surface area contributed by atoms with Crippen molar-refractivity contribution in [3.05, 3.63) is 60.2 Å². The lowest BCUT2D eigenvalue weighted by molar-refractivity contribution is 0.245. The smallest absolute Gasteiger partial charge is 0.0972 e. The van der Waals surface area contributed by atoms with Crippen molar-refractivity contribution in [1.29, 1.82) is 0 Å². The van der Waals surface area contributed by atoms with Gasteiger partial charge in [-0.05, 0) is 31.5 Å². The largest absolute Gasteiger partial charge is 0.290 e. The fourth-order valence-electron chi connectivity index (χ4n) is 3.29. The minimum absolute atomic E-state index is 0.436. The molecule has 0 radical (unpaired) electrons. The minimum atomic E-state index is 0.436. The highest BCUT2D eigenvalue weighted by atomic mass is 15.4. The molecule has 0 spiro atoms. The zero-order chi connectivity index (χ0) is 15.6. The van der Waals surface area contributed by atoms with Crippen molar-refractivity contribution < 1.29 is 0 Å². The molecule has 0 bridgehead atoms. The predicted molar refractivity (Wildman–Crippen MR) is 87.0 cm³/mol. The van der Waals surface area contributed by atoms with Gasteiger partial charge in [-0.1, -0.05) is 23.4 Å². The number of hydrogen-bond donors (Lipinski definition) is 0. The molecule has 3 heterocycles. The van der Waals surface area contributed by atoms with Gasteiger partial charge in [-0.2, -0.15) is 5.10 Å². The van der Waals surface area contributed by atoms with Gasteiger partial charge in [0.2, 0.25) is 0 Å². The van der Waals surface area contributed by atoms with Gasteiger partial charge in [-0.3, -0.25) is 9.58 Å². The number of rotatable bonds is 4. The van der Waals surface area contributed by atoms with Crippen LogP contribution in [0.3, 0.4) is 0 Å². The van der Waals surface area contributed by atoms with Gasteiger partial charge < -0.3 is 0 Å². The Morgan fingerprint density at radius 3 is 2.83 bits per heavy atom. The molecule has 1 unspecified atom stereocenters. The normalized spacial score (nSPS) is 18.6. The summed E-state index contributed by atoms with van der Waals surface area (Å²) in [6.07, 6.45) is 8.51. The topological polar surface area (TPSA) is 51.8 Å². The summed E-state index contributed by atoms with van der Waals surface area (Å²) >= 11 is 0. The van der Waals surface area contributed by atoms with Crippen molar-refractivity contribution >= 4 is 0 Å². The molecular formula is C17H20N6. The van der Waals surface area contributed by atoms with Gasteiger partial charge in [0.05, 0.1) is 23.8 Å². The molecule has 0 amide bonds. The van der Waals surface area contributed by atoms with Gasteiger partial charge >= 0.3 is 0 Å². The molecule has 3 aromatic rings. The van der Waals surface area contributed by atoms with Crippen molar-refractivity contribution in [3.8, 4) is 5.69 Å². The maximum atomic E-state index is 4.34. The average Bonchev–Trinajstić information content (AvgIpc) is 3.29. The Morgan fingerprint density at radius 2 is 2.04 bits per heavy atom. The van der Waals surface area contributed by atoms with Crippen LogP contribution in [0, 0.1) is 0 Å². The summed E-state index contributed by atoms with van der Waals surface area (Å²) in [5, 5.41) is 12.9. The second-order valence-corrected chi connectivity index (χ2v) is 6.07. The number of nitrogens with zero attached hydrogens (tertiary/aromatic N) is 6. The zero-order valence-electron chi connectivity index (χ0n) is 13.2. The van der Waals surface area contributed by atoms with Crippen LogP contribution >= 0.6 is 0 Å². The second-order valence-electron chi connectivity index (χ2n) is 6.07. The van der Waals surface area contributed by atoms with Crippen molar-refractivity contribution in [3.63, 3.8) is 0 Å². The first kappa shape index (κ1) is 14.1. The van der Waals surface area contributed by atoms with E-state index in [1.807, 2.05) is 59.1 Å². The average molecular weight is 308 g/mol. The standard InChI is InChI=1S/C17H20N6/c1-21-11-14(10-18-21)17-8-5-9-22(17)12-15-13-23(20-19-15)16-6-3-2-4-7-16/h2-4,6-7,10-11,13,17H,5,8-9,12H2,1H3. The molecular weight excluding hydrogens is 288 g/mol. The van der Waals surface area contributed by atoms with Crippen LogP contribution in [0.5, 0.6) is 0 Å². The monoisotopic (exact) mass is 308 g/mol. The van der Waals surface area contributed by atoms with E-state index in [9.17, 15) is 0 Å². The maximum Gasteiger partial charge on any atom is 0.0972 e. The summed E-state index contributed by atoms with van der Waals surface area (Å²) in [5.74, 6) is 0. The number of benzene rings is 1. The summed E-state index contributed by atoms with van der Waals surface area (Å²) in [4.78, 5) is 2.47. The molecule has 0 saturated carbocycles. The molecule has 0 N–H and O–H groups in total. The first-order valence-corrected chi connectivity index (χ1v) is 7.99. The molecule has 23 heavy (non-hydrogen) atoms. The van der Waals surface area contributed by atoms with E-state index in [1.54, 1.807) is 0 Å². The lowest BCUT2D eigenvalue weighted by Gasteiger charge is -2.22. The molecule has 1 fully saturated rings. The van der Waals surface area contributed by atoms with E-state index < -0.39 is 0 Å². The summed E-state index contributed by atoms with van der Waals surface area (Å²) in [6.45, 7) is 1.92. The molecule has 2 aromatic heterocycles. The van der Waals surface area contributed by atoms with Crippen LogP contribution in [0.4, 0.5) is 0 Å². The van der Waals surface area contributed by atoms with Gasteiger partial charge in [-0.15, -0.1) is 5.10 Å². The van der Waals surface area contributed by atoms with E-state index >= 15 is 0 Å². The van der Waals surface area contributed by atoms with Gasteiger partial charge in [-0.25, -0.2) is 4.68 Å². The molecule has 0 aliphatic carbocycles. The summed E-state index contributed by atoms with van der Waals surface area (Å²) in [5.41, 5.74) is 3.33. The molecule has 4 rings (SSSR count). The first-order chi connectivity index (χ1) is 11.3. The van der Waals surface area contributed by atoms with Crippen LogP contribution in [-0.4, -0.2) is 36.2 Å². The van der Waals surface area contributed by atoms with E-state index in [0.717, 1.165) is 24.5 Å². The molecule has 1 aliphatic rings. The summed E-state index contributed by atoms with van der Waals surface area (Å²) in [7, 11) is 1.97. The van der Waals surface area contributed by atoms with Gasteiger partial charge in [0.1, 0.15) is 0 Å². The SMILES string of the molecule is Cn1cc(C2CCCN2Cc2cn(-c3ccccc3)nn2)cn1. The van der Waals surface area contributed by atoms with E-state index in [0.29, 0.717) is 6.04 Å². The predicted octanol–water partition coefficient (Wildman–Crippen LogP) is 2.34. The van der Waals surface area contributed by atoms with Gasteiger partial charge in [0.25, 0.3) is 0 Å². The first-order valence-electron chi connectivity index (χ1n) is 7.99. The van der Waals surface area contributed by atoms with Crippen molar-refractivity contribution in [1.82, 2.24) is 29.7 Å². The number of hydrogen-bond acceptors (Lipinski definition) is 4. The Morgan fingerprint density at radius 1 is 1.17 bits per heavy atom. The number of aryl methyl sites for hydroxylation is 1. The highest BCUT2D eigenvalue weighted by Gasteiger charge is 2.27. The number of likely N-dealkylation sites (tertiary alicyclic amines) is 1. The third-order valence-electron chi connectivity index (χ3n) is 4.40. The lowest BCUT2D eigenvalue weighted by Crippen LogP contribution is -2.22. The molecule has 6 nitrogen and oxygen atoms in total. The molecule has 6 heteroatoms. The Hall–Kier alpha value is -2.47. The lowest BCUT2D eigenvalue weighted by atomic mass is 10.1. The van der Waals surface area contributed by atoms with Crippen LogP contribution < -0.4 is 0 Å². The summed E-state index contributed by atoms with van der Waals surface area (Å²) < 4.78 is 3.71. The van der Waals surface area contributed by atoms with Gasteiger partial charge in [0, 0.05) is 31.4 Å². The van der Waals surface area contributed by atoms with Crippen molar-refractivity contribution in [2.24, 2.45) is 7.05 Å². The van der Waals surface area contributed by atoms with E-state index in [-0.39, 0.29) is 0 Å². The molecule has 1 atom stereocenters. The second kappa shape index (κ2) is 5.96. The van der Waals surface area contributed by atoms with Crippen LogP contribution in [0.1, 0.15) is 30.1 Å². The van der Waals surface area contributed by atoms with Crippen molar-refractivity contribution in [2.75, 3.05) is 6.54 Å². The van der Waals surface area contributed by atoms with E-state index in [4.69, 9.17) is 0 Å². The van der Waals surface area contributed by atoms with Crippen LogP contribution in [0.25, 0.3) is 5.69 Å². The minimum Gasteiger partial charge on any atom is -0.290 e. The van der Waals surface area contributed by atoms with Gasteiger partial charge in [0.15, 0.2) is 0 Å². The Kier molecular flexibility index (Phi) is 3.67. The highest BCUT2D eigenvalue weighted by Crippen LogP contribution is 2.32. The molecule has 118 valence electrons. The Balaban J connectivity index is 1.50. The van der Waals surface area contributed by atoms with E-state index in [2.05, 4.69) is 26.5 Å². The molecule has 1 aromatic carbocycles.